The molecule has 1 N–H and O–H groups in total. The summed E-state index contributed by atoms with van der Waals surface area (Å²) in [7, 11) is 0. The Morgan fingerprint density at radius 2 is 2.57 bits per heavy atom. The van der Waals surface area contributed by atoms with E-state index < -0.39 is 0 Å². The van der Waals surface area contributed by atoms with E-state index in [-0.39, 0.29) is 5.91 Å². The Morgan fingerprint density at radius 3 is 3.21 bits per heavy atom. The summed E-state index contributed by atoms with van der Waals surface area (Å²) in [5.41, 5.74) is 8.00. The molecule has 0 aliphatic heterocycles. The van der Waals surface area contributed by atoms with Gasteiger partial charge in [-0.05, 0) is 23.4 Å². The lowest BCUT2D eigenvalue weighted by molar-refractivity contribution is 0.0957. The highest BCUT2D eigenvalue weighted by Gasteiger charge is 2.03. The Kier molecular flexibility index (Phi) is 4.54. The average Bonchev–Trinajstić information content (AvgIpc) is 2.70. The number of hydrogen-bond acceptors (Lipinski definition) is 3. The smallest absolute Gasteiger partial charge is 0.261 e. The molecule has 0 spiro atoms. The van der Waals surface area contributed by atoms with Crippen LogP contribution in [0.2, 0.25) is 0 Å². The van der Waals surface area contributed by atoms with Gasteiger partial charge in [-0.2, -0.15) is 0 Å². The van der Waals surface area contributed by atoms with E-state index in [4.69, 9.17) is 5.53 Å². The molecule has 0 unspecified atom stereocenters. The van der Waals surface area contributed by atoms with Crippen molar-refractivity contribution < 1.29 is 4.79 Å². The standard InChI is InChI=1S/C8H10N4OS/c9-12-11-5-2-4-10-8(13)7-3-1-6-14-7/h1,3,6H,2,4-5H2,(H,10,13). The molecule has 0 bridgehead atoms. The second-order valence-corrected chi connectivity index (χ2v) is 3.49. The number of hydrogen-bond donors (Lipinski definition) is 1. The monoisotopic (exact) mass is 210 g/mol. The second-order valence-electron chi connectivity index (χ2n) is 2.54. The highest BCUT2D eigenvalue weighted by Crippen LogP contribution is 2.07. The fraction of sp³-hybridized carbons (Fsp3) is 0.375. The lowest BCUT2D eigenvalue weighted by Crippen LogP contribution is -2.23. The Balaban J connectivity index is 2.19. The van der Waals surface area contributed by atoms with Crippen molar-refractivity contribution in [1.29, 1.82) is 0 Å². The van der Waals surface area contributed by atoms with E-state index in [0.29, 0.717) is 24.4 Å². The van der Waals surface area contributed by atoms with Gasteiger partial charge >= 0.3 is 0 Å². The molecule has 14 heavy (non-hydrogen) atoms. The minimum atomic E-state index is -0.0686. The topological polar surface area (TPSA) is 77.9 Å². The summed E-state index contributed by atoms with van der Waals surface area (Å²) in [6.45, 7) is 0.955. The van der Waals surface area contributed by atoms with Gasteiger partial charge in [0, 0.05) is 18.0 Å². The number of rotatable bonds is 5. The first-order valence-corrected chi connectivity index (χ1v) is 5.05. The van der Waals surface area contributed by atoms with E-state index in [1.165, 1.54) is 11.3 Å². The number of carbonyl (C=O) groups is 1. The fourth-order valence-corrected chi connectivity index (χ4v) is 1.53. The van der Waals surface area contributed by atoms with E-state index in [2.05, 4.69) is 15.3 Å². The molecule has 1 aromatic rings. The van der Waals surface area contributed by atoms with Gasteiger partial charge in [0.15, 0.2) is 0 Å². The lowest BCUT2D eigenvalue weighted by Gasteiger charge is -2.00. The van der Waals surface area contributed by atoms with Crippen LogP contribution < -0.4 is 5.32 Å². The molecule has 0 radical (unpaired) electrons. The van der Waals surface area contributed by atoms with Gasteiger partial charge in [0.25, 0.3) is 5.91 Å². The van der Waals surface area contributed by atoms with Crippen molar-refractivity contribution in [1.82, 2.24) is 5.32 Å². The van der Waals surface area contributed by atoms with Crippen molar-refractivity contribution in [3.05, 3.63) is 32.8 Å². The van der Waals surface area contributed by atoms with Crippen LogP contribution in [0, 0.1) is 0 Å². The van der Waals surface area contributed by atoms with Gasteiger partial charge in [-0.3, -0.25) is 4.79 Å². The van der Waals surface area contributed by atoms with Crippen LogP contribution in [0.5, 0.6) is 0 Å². The minimum Gasteiger partial charge on any atom is -0.351 e. The molecule has 0 saturated carbocycles. The Hall–Kier alpha value is -1.52. The molecular weight excluding hydrogens is 200 g/mol. The average molecular weight is 210 g/mol. The van der Waals surface area contributed by atoms with Crippen LogP contribution in [-0.2, 0) is 0 Å². The number of azide groups is 1. The Labute approximate surface area is 85.4 Å². The van der Waals surface area contributed by atoms with Crippen molar-refractivity contribution in [3.8, 4) is 0 Å². The van der Waals surface area contributed by atoms with Gasteiger partial charge in [-0.1, -0.05) is 11.2 Å². The van der Waals surface area contributed by atoms with Gasteiger partial charge < -0.3 is 5.32 Å². The summed E-state index contributed by atoms with van der Waals surface area (Å²) >= 11 is 1.41. The summed E-state index contributed by atoms with van der Waals surface area (Å²) in [5.74, 6) is -0.0686. The molecular formula is C8H10N4OS. The van der Waals surface area contributed by atoms with E-state index in [1.54, 1.807) is 6.07 Å². The maximum atomic E-state index is 11.3. The molecule has 1 amide bonds. The van der Waals surface area contributed by atoms with E-state index in [0.717, 1.165) is 0 Å². The van der Waals surface area contributed by atoms with Crippen LogP contribution in [0.4, 0.5) is 0 Å². The Bertz CT molecular complexity index is 329. The first-order chi connectivity index (χ1) is 6.84. The maximum Gasteiger partial charge on any atom is 0.261 e. The largest absolute Gasteiger partial charge is 0.351 e. The summed E-state index contributed by atoms with van der Waals surface area (Å²) in [5, 5.41) is 7.95. The third-order valence-electron chi connectivity index (χ3n) is 1.53. The number of thiophene rings is 1. The fourth-order valence-electron chi connectivity index (χ4n) is 0.891. The summed E-state index contributed by atoms with van der Waals surface area (Å²) in [6.07, 6.45) is 0.668. The van der Waals surface area contributed by atoms with Crippen molar-refractivity contribution in [2.24, 2.45) is 5.11 Å². The maximum absolute atomic E-state index is 11.3. The third kappa shape index (κ3) is 3.47. The van der Waals surface area contributed by atoms with Crippen molar-refractivity contribution in [2.45, 2.75) is 6.42 Å². The molecule has 0 aliphatic carbocycles. The number of nitrogens with one attached hydrogen (secondary N) is 1. The van der Waals surface area contributed by atoms with E-state index >= 15 is 0 Å². The van der Waals surface area contributed by atoms with Crippen LogP contribution in [0.15, 0.2) is 22.6 Å². The SMILES string of the molecule is [N-]=[N+]=NCCCNC(=O)c1cccs1. The molecule has 0 aromatic carbocycles. The highest BCUT2D eigenvalue weighted by molar-refractivity contribution is 7.12. The van der Waals surface area contributed by atoms with Gasteiger partial charge in [-0.15, -0.1) is 11.3 Å². The molecule has 0 saturated heterocycles. The first kappa shape index (κ1) is 10.6. The highest BCUT2D eigenvalue weighted by atomic mass is 32.1. The third-order valence-corrected chi connectivity index (χ3v) is 2.40. The molecule has 0 fully saturated rings. The molecule has 5 nitrogen and oxygen atoms in total. The number of carbonyl (C=O) groups excluding carboxylic acids is 1. The van der Waals surface area contributed by atoms with Crippen LogP contribution in [0.3, 0.4) is 0 Å². The van der Waals surface area contributed by atoms with Crippen LogP contribution in [0.1, 0.15) is 16.1 Å². The predicted molar refractivity (Wildman–Crippen MR) is 55.3 cm³/mol. The predicted octanol–water partition coefficient (Wildman–Crippen LogP) is 2.18. The van der Waals surface area contributed by atoms with Crippen LogP contribution in [-0.4, -0.2) is 19.0 Å². The molecule has 74 valence electrons. The summed E-state index contributed by atoms with van der Waals surface area (Å²) < 4.78 is 0. The van der Waals surface area contributed by atoms with Crippen LogP contribution in [0.25, 0.3) is 10.4 Å². The quantitative estimate of drug-likeness (QED) is 0.344. The normalized spacial score (nSPS) is 9.14. The molecule has 1 aromatic heterocycles. The van der Waals surface area contributed by atoms with E-state index in [9.17, 15) is 4.79 Å². The molecule has 1 heterocycles. The van der Waals surface area contributed by atoms with Crippen molar-refractivity contribution in [2.75, 3.05) is 13.1 Å². The zero-order valence-corrected chi connectivity index (χ0v) is 8.33. The first-order valence-electron chi connectivity index (χ1n) is 4.17. The Morgan fingerprint density at radius 1 is 1.71 bits per heavy atom. The second kappa shape index (κ2) is 6.01. The number of amides is 1. The number of nitrogens with zero attached hydrogens (tertiary/aromatic N) is 3. The molecule has 0 atom stereocenters. The van der Waals surface area contributed by atoms with E-state index in [1.807, 2.05) is 11.4 Å². The van der Waals surface area contributed by atoms with Gasteiger partial charge in [0.05, 0.1) is 4.88 Å². The summed E-state index contributed by atoms with van der Waals surface area (Å²) in [6, 6.07) is 3.60. The van der Waals surface area contributed by atoms with Gasteiger partial charge in [-0.25, -0.2) is 0 Å². The minimum absolute atomic E-state index is 0.0686. The van der Waals surface area contributed by atoms with Gasteiger partial charge in [0.1, 0.15) is 0 Å². The molecule has 0 aliphatic rings. The van der Waals surface area contributed by atoms with Gasteiger partial charge in [0.2, 0.25) is 0 Å². The zero-order chi connectivity index (χ0) is 10.2. The van der Waals surface area contributed by atoms with Crippen LogP contribution >= 0.6 is 11.3 Å². The van der Waals surface area contributed by atoms with Crippen molar-refractivity contribution in [3.63, 3.8) is 0 Å². The van der Waals surface area contributed by atoms with Crippen molar-refractivity contribution >= 4 is 17.2 Å². The summed E-state index contributed by atoms with van der Waals surface area (Å²) in [4.78, 5) is 14.7. The molecule has 6 heteroatoms. The molecule has 1 rings (SSSR count). The zero-order valence-electron chi connectivity index (χ0n) is 7.51. The lowest BCUT2D eigenvalue weighted by atomic mass is 10.4.